The number of thiocarbonyl (C=S) groups is 1. The van der Waals surface area contributed by atoms with Gasteiger partial charge in [-0.25, -0.2) is 0 Å². The SMILES string of the molecule is CN(Cc1cccnc1C(N)=S)CC(F)(F)F. The maximum atomic E-state index is 12.2. The summed E-state index contributed by atoms with van der Waals surface area (Å²) in [5.74, 6) is 0. The number of hydrogen-bond donors (Lipinski definition) is 1. The number of pyridine rings is 1. The summed E-state index contributed by atoms with van der Waals surface area (Å²) in [6.45, 7) is -0.890. The van der Waals surface area contributed by atoms with Crippen LogP contribution in [0.25, 0.3) is 0 Å². The number of nitrogens with two attached hydrogens (primary N) is 1. The van der Waals surface area contributed by atoms with Crippen molar-refractivity contribution in [2.45, 2.75) is 12.7 Å². The van der Waals surface area contributed by atoms with Gasteiger partial charge in [0.15, 0.2) is 0 Å². The smallest absolute Gasteiger partial charge is 0.388 e. The van der Waals surface area contributed by atoms with Crippen molar-refractivity contribution < 1.29 is 13.2 Å². The van der Waals surface area contributed by atoms with Crippen molar-refractivity contribution in [3.63, 3.8) is 0 Å². The fraction of sp³-hybridized carbons (Fsp3) is 0.400. The van der Waals surface area contributed by atoms with Gasteiger partial charge in [-0.15, -0.1) is 0 Å². The third-order valence-electron chi connectivity index (χ3n) is 2.01. The number of rotatable bonds is 4. The van der Waals surface area contributed by atoms with Crippen molar-refractivity contribution in [2.75, 3.05) is 13.6 Å². The maximum absolute atomic E-state index is 12.2. The van der Waals surface area contributed by atoms with Crippen LogP contribution in [0.2, 0.25) is 0 Å². The Bertz CT molecular complexity index is 406. The molecule has 1 heterocycles. The molecule has 0 amide bonds. The Morgan fingerprint density at radius 3 is 2.71 bits per heavy atom. The quantitative estimate of drug-likeness (QED) is 0.840. The Kier molecular flexibility index (Phi) is 4.41. The first-order valence-corrected chi connectivity index (χ1v) is 5.19. The summed E-state index contributed by atoms with van der Waals surface area (Å²) in [5.41, 5.74) is 6.41. The van der Waals surface area contributed by atoms with Crippen LogP contribution in [0.1, 0.15) is 11.3 Å². The minimum Gasteiger partial charge on any atom is -0.388 e. The molecule has 0 saturated heterocycles. The van der Waals surface area contributed by atoms with Crippen molar-refractivity contribution in [3.8, 4) is 0 Å². The van der Waals surface area contributed by atoms with Crippen LogP contribution in [0.15, 0.2) is 18.3 Å². The predicted molar refractivity (Wildman–Crippen MR) is 62.5 cm³/mol. The summed E-state index contributed by atoms with van der Waals surface area (Å²) >= 11 is 4.79. The lowest BCUT2D eigenvalue weighted by Crippen LogP contribution is -2.31. The van der Waals surface area contributed by atoms with E-state index in [4.69, 9.17) is 18.0 Å². The second kappa shape index (κ2) is 5.42. The zero-order chi connectivity index (χ0) is 13.1. The van der Waals surface area contributed by atoms with Gasteiger partial charge in [-0.2, -0.15) is 13.2 Å². The van der Waals surface area contributed by atoms with Crippen LogP contribution in [0.3, 0.4) is 0 Å². The van der Waals surface area contributed by atoms with Gasteiger partial charge in [-0.1, -0.05) is 18.3 Å². The topological polar surface area (TPSA) is 42.2 Å². The van der Waals surface area contributed by atoms with E-state index in [9.17, 15) is 13.2 Å². The van der Waals surface area contributed by atoms with Crippen LogP contribution in [0.4, 0.5) is 13.2 Å². The normalized spacial score (nSPS) is 11.8. The van der Waals surface area contributed by atoms with E-state index < -0.39 is 12.7 Å². The molecule has 17 heavy (non-hydrogen) atoms. The Balaban J connectivity index is 2.78. The summed E-state index contributed by atoms with van der Waals surface area (Å²) in [6.07, 6.45) is -2.72. The molecule has 1 aromatic heterocycles. The van der Waals surface area contributed by atoms with Crippen molar-refractivity contribution >= 4 is 17.2 Å². The van der Waals surface area contributed by atoms with E-state index in [2.05, 4.69) is 4.98 Å². The minimum absolute atomic E-state index is 0.0843. The van der Waals surface area contributed by atoms with Gasteiger partial charge in [0, 0.05) is 12.7 Å². The molecule has 1 rings (SSSR count). The zero-order valence-corrected chi connectivity index (χ0v) is 9.98. The molecule has 1 aromatic rings. The lowest BCUT2D eigenvalue weighted by Gasteiger charge is -2.19. The van der Waals surface area contributed by atoms with Crippen molar-refractivity contribution in [3.05, 3.63) is 29.6 Å². The number of aromatic nitrogens is 1. The fourth-order valence-electron chi connectivity index (χ4n) is 1.44. The molecule has 0 radical (unpaired) electrons. The lowest BCUT2D eigenvalue weighted by atomic mass is 10.2. The minimum atomic E-state index is -4.22. The highest BCUT2D eigenvalue weighted by Crippen LogP contribution is 2.17. The van der Waals surface area contributed by atoms with Crippen LogP contribution in [0.5, 0.6) is 0 Å². The molecule has 3 nitrogen and oxygen atoms in total. The maximum Gasteiger partial charge on any atom is 0.401 e. The first-order chi connectivity index (χ1) is 7.79. The summed E-state index contributed by atoms with van der Waals surface area (Å²) in [7, 11) is 1.38. The van der Waals surface area contributed by atoms with Gasteiger partial charge >= 0.3 is 6.18 Å². The van der Waals surface area contributed by atoms with Gasteiger partial charge in [-0.05, 0) is 18.7 Å². The predicted octanol–water partition coefficient (Wildman–Crippen LogP) is 1.71. The molecular weight excluding hydrogens is 251 g/mol. The van der Waals surface area contributed by atoms with Crippen LogP contribution in [0, 0.1) is 0 Å². The highest BCUT2D eigenvalue weighted by Gasteiger charge is 2.29. The number of nitrogens with zero attached hydrogens (tertiary/aromatic N) is 2. The Morgan fingerprint density at radius 1 is 1.53 bits per heavy atom. The third-order valence-corrected chi connectivity index (χ3v) is 2.21. The fourth-order valence-corrected chi connectivity index (χ4v) is 1.62. The molecule has 0 aliphatic rings. The van der Waals surface area contributed by atoms with Crippen LogP contribution >= 0.6 is 12.2 Å². The Morgan fingerprint density at radius 2 is 2.18 bits per heavy atom. The van der Waals surface area contributed by atoms with Gasteiger partial charge < -0.3 is 5.73 Å². The second-order valence-corrected chi connectivity index (χ2v) is 4.10. The third kappa shape index (κ3) is 4.66. The summed E-state index contributed by atoms with van der Waals surface area (Å²) < 4.78 is 36.5. The summed E-state index contributed by atoms with van der Waals surface area (Å²) in [6, 6.07) is 3.30. The van der Waals surface area contributed by atoms with Gasteiger partial charge in [0.05, 0.1) is 6.54 Å². The van der Waals surface area contributed by atoms with Crippen LogP contribution < -0.4 is 5.73 Å². The largest absolute Gasteiger partial charge is 0.401 e. The summed E-state index contributed by atoms with van der Waals surface area (Å²) in [5, 5.41) is 0. The molecule has 0 aliphatic heterocycles. The summed E-state index contributed by atoms with van der Waals surface area (Å²) in [4.78, 5) is 5.18. The first kappa shape index (κ1) is 13.9. The molecule has 0 aromatic carbocycles. The monoisotopic (exact) mass is 263 g/mol. The van der Waals surface area contributed by atoms with Gasteiger partial charge in [0.25, 0.3) is 0 Å². The first-order valence-electron chi connectivity index (χ1n) is 4.78. The van der Waals surface area contributed by atoms with E-state index in [-0.39, 0.29) is 11.5 Å². The molecule has 0 aliphatic carbocycles. The van der Waals surface area contributed by atoms with Gasteiger partial charge in [-0.3, -0.25) is 9.88 Å². The van der Waals surface area contributed by atoms with Crippen molar-refractivity contribution in [1.29, 1.82) is 0 Å². The molecule has 0 unspecified atom stereocenters. The Labute approximate surface area is 102 Å². The molecule has 7 heteroatoms. The second-order valence-electron chi connectivity index (χ2n) is 3.66. The molecule has 0 atom stereocenters. The van der Waals surface area contributed by atoms with E-state index in [0.29, 0.717) is 11.3 Å². The highest BCUT2D eigenvalue weighted by atomic mass is 32.1. The highest BCUT2D eigenvalue weighted by molar-refractivity contribution is 7.80. The average molecular weight is 263 g/mol. The zero-order valence-electron chi connectivity index (χ0n) is 9.16. The number of hydrogen-bond acceptors (Lipinski definition) is 3. The average Bonchev–Trinajstić information content (AvgIpc) is 2.14. The standard InChI is InChI=1S/C10H12F3N3S/c1-16(6-10(11,12)13)5-7-3-2-4-15-8(7)9(14)17/h2-4H,5-6H2,1H3,(H2,14,17). The van der Waals surface area contributed by atoms with E-state index in [1.807, 2.05) is 0 Å². The molecule has 0 saturated carbocycles. The van der Waals surface area contributed by atoms with E-state index >= 15 is 0 Å². The molecular formula is C10H12F3N3S. The number of halogens is 3. The molecule has 0 bridgehead atoms. The van der Waals surface area contributed by atoms with Gasteiger partial charge in [0.2, 0.25) is 0 Å². The van der Waals surface area contributed by atoms with E-state index in [0.717, 1.165) is 4.90 Å². The molecule has 0 spiro atoms. The molecule has 94 valence electrons. The number of alkyl halides is 3. The Hall–Kier alpha value is -1.21. The molecule has 0 fully saturated rings. The molecule has 2 N–H and O–H groups in total. The van der Waals surface area contributed by atoms with Crippen molar-refractivity contribution in [1.82, 2.24) is 9.88 Å². The van der Waals surface area contributed by atoms with Gasteiger partial charge in [0.1, 0.15) is 10.7 Å². The lowest BCUT2D eigenvalue weighted by molar-refractivity contribution is -0.144. The van der Waals surface area contributed by atoms with E-state index in [1.54, 1.807) is 12.1 Å². The van der Waals surface area contributed by atoms with Crippen molar-refractivity contribution in [2.24, 2.45) is 5.73 Å². The van der Waals surface area contributed by atoms with Crippen LogP contribution in [-0.4, -0.2) is 34.6 Å². The van der Waals surface area contributed by atoms with Crippen LogP contribution in [-0.2, 0) is 6.54 Å². The van der Waals surface area contributed by atoms with E-state index in [1.165, 1.54) is 13.2 Å².